The molecule has 4 rings (SSSR count). The highest BCUT2D eigenvalue weighted by molar-refractivity contribution is 6.31. The molecule has 0 unspecified atom stereocenters. The van der Waals surface area contributed by atoms with Gasteiger partial charge in [-0.05, 0) is 54.3 Å². The van der Waals surface area contributed by atoms with Crippen molar-refractivity contribution in [1.29, 1.82) is 0 Å². The molecule has 0 aliphatic carbocycles. The number of phenolic OH excluding ortho intramolecular Hbond substituents is 1. The van der Waals surface area contributed by atoms with Gasteiger partial charge in [-0.15, -0.1) is 0 Å². The second-order valence-electron chi connectivity index (χ2n) is 7.48. The van der Waals surface area contributed by atoms with Crippen LogP contribution in [0.2, 0.25) is 5.02 Å². The molecule has 3 aromatic carbocycles. The summed E-state index contributed by atoms with van der Waals surface area (Å²) < 4.78 is 5.92. The topological polar surface area (TPSA) is 102 Å². The van der Waals surface area contributed by atoms with Gasteiger partial charge in [-0.25, -0.2) is 4.98 Å². The summed E-state index contributed by atoms with van der Waals surface area (Å²) in [7, 11) is 0. The van der Waals surface area contributed by atoms with Gasteiger partial charge in [0.1, 0.15) is 5.52 Å². The fourth-order valence-electron chi connectivity index (χ4n) is 3.32. The first kappa shape index (κ1) is 21.5. The molecule has 0 aliphatic rings. The van der Waals surface area contributed by atoms with Gasteiger partial charge < -0.3 is 9.52 Å². The van der Waals surface area contributed by atoms with Crippen LogP contribution in [0, 0.1) is 10.1 Å². The Morgan fingerprint density at radius 3 is 2.81 bits per heavy atom. The van der Waals surface area contributed by atoms with Crippen molar-refractivity contribution in [2.24, 2.45) is 4.99 Å². The molecular formula is C24H20ClN3O4. The van der Waals surface area contributed by atoms with Crippen molar-refractivity contribution < 1.29 is 14.4 Å². The number of halogens is 1. The van der Waals surface area contributed by atoms with Crippen molar-refractivity contribution in [2.75, 3.05) is 0 Å². The summed E-state index contributed by atoms with van der Waals surface area (Å²) >= 11 is 5.93. The highest BCUT2D eigenvalue weighted by atomic mass is 35.5. The van der Waals surface area contributed by atoms with Gasteiger partial charge in [-0.1, -0.05) is 37.6 Å². The molecule has 4 aromatic rings. The van der Waals surface area contributed by atoms with E-state index in [1.807, 2.05) is 24.3 Å². The molecular weight excluding hydrogens is 430 g/mol. The minimum Gasteiger partial charge on any atom is -0.502 e. The van der Waals surface area contributed by atoms with Gasteiger partial charge in [0.05, 0.1) is 10.6 Å². The van der Waals surface area contributed by atoms with Gasteiger partial charge in [0.15, 0.2) is 5.58 Å². The first-order chi connectivity index (χ1) is 15.4. The van der Waals surface area contributed by atoms with Gasteiger partial charge in [0, 0.05) is 28.4 Å². The monoisotopic (exact) mass is 449 g/mol. The molecule has 1 heterocycles. The number of phenols is 1. The fourth-order valence-corrected chi connectivity index (χ4v) is 3.54. The van der Waals surface area contributed by atoms with Crippen LogP contribution in [0.3, 0.4) is 0 Å². The molecule has 0 spiro atoms. The molecule has 0 saturated heterocycles. The molecule has 0 aliphatic heterocycles. The second kappa shape index (κ2) is 8.80. The molecule has 0 saturated carbocycles. The van der Waals surface area contributed by atoms with Crippen LogP contribution in [0.5, 0.6) is 5.75 Å². The molecule has 0 amide bonds. The largest absolute Gasteiger partial charge is 0.502 e. The first-order valence-electron chi connectivity index (χ1n) is 10.1. The molecule has 0 fully saturated rings. The van der Waals surface area contributed by atoms with E-state index in [0.717, 1.165) is 23.6 Å². The highest BCUT2D eigenvalue weighted by Crippen LogP contribution is 2.33. The Kier molecular flexibility index (Phi) is 5.92. The minimum atomic E-state index is -0.695. The summed E-state index contributed by atoms with van der Waals surface area (Å²) in [6, 6.07) is 15.8. The van der Waals surface area contributed by atoms with Crippen LogP contribution in [0.1, 0.15) is 37.3 Å². The van der Waals surface area contributed by atoms with E-state index in [0.29, 0.717) is 23.1 Å². The van der Waals surface area contributed by atoms with Crippen LogP contribution in [0.15, 0.2) is 64.0 Å². The number of nitro groups is 1. The fraction of sp³-hybridized carbons (Fsp3) is 0.167. The molecule has 0 radical (unpaired) electrons. The maximum absolute atomic E-state index is 11.1. The summed E-state index contributed by atoms with van der Waals surface area (Å²) in [5.74, 6) is 0.422. The third-order valence-corrected chi connectivity index (χ3v) is 5.54. The minimum absolute atomic E-state index is 0.132. The normalized spacial score (nSPS) is 12.5. The molecule has 8 heteroatoms. The lowest BCUT2D eigenvalue weighted by molar-refractivity contribution is -0.385. The van der Waals surface area contributed by atoms with Crippen molar-refractivity contribution in [3.8, 4) is 17.2 Å². The quantitative estimate of drug-likeness (QED) is 0.193. The van der Waals surface area contributed by atoms with Crippen LogP contribution < -0.4 is 0 Å². The first-order valence-corrected chi connectivity index (χ1v) is 10.5. The number of nitro benzene ring substituents is 1. The lowest BCUT2D eigenvalue weighted by Gasteiger charge is -2.07. The van der Waals surface area contributed by atoms with Crippen molar-refractivity contribution in [1.82, 2.24) is 4.98 Å². The number of fused-ring (bicyclic) bond motifs is 1. The third-order valence-electron chi connectivity index (χ3n) is 5.32. The number of aromatic hydroxyl groups is 1. The zero-order chi connectivity index (χ0) is 22.8. The highest BCUT2D eigenvalue weighted by Gasteiger charge is 2.18. The maximum Gasteiger partial charge on any atom is 0.312 e. The predicted molar refractivity (Wildman–Crippen MR) is 125 cm³/mol. The second-order valence-corrected chi connectivity index (χ2v) is 7.92. The van der Waals surface area contributed by atoms with E-state index in [2.05, 4.69) is 29.9 Å². The number of nitrogens with zero attached hydrogens (tertiary/aromatic N) is 3. The summed E-state index contributed by atoms with van der Waals surface area (Å²) in [5, 5.41) is 21.3. The number of rotatable bonds is 6. The van der Waals surface area contributed by atoms with Gasteiger partial charge in [0.2, 0.25) is 11.6 Å². The Morgan fingerprint density at radius 1 is 1.25 bits per heavy atom. The van der Waals surface area contributed by atoms with E-state index < -0.39 is 16.4 Å². The average molecular weight is 450 g/mol. The molecule has 162 valence electrons. The smallest absolute Gasteiger partial charge is 0.312 e. The zero-order valence-electron chi connectivity index (χ0n) is 17.4. The Bertz CT molecular complexity index is 1350. The van der Waals surface area contributed by atoms with Crippen molar-refractivity contribution >= 4 is 40.3 Å². The van der Waals surface area contributed by atoms with Gasteiger partial charge >= 0.3 is 5.69 Å². The Morgan fingerprint density at radius 2 is 2.06 bits per heavy atom. The van der Waals surface area contributed by atoms with Gasteiger partial charge in [-0.2, -0.15) is 0 Å². The van der Waals surface area contributed by atoms with Crippen molar-refractivity contribution in [2.45, 2.75) is 26.2 Å². The molecule has 1 aromatic heterocycles. The molecule has 32 heavy (non-hydrogen) atoms. The SMILES string of the molecule is CC[C@@H](C)c1ccc2oc(-c3cccc(N=Cc4cc(Cl)cc([N+](=O)[O-])c4O)c3)nc2c1. The van der Waals surface area contributed by atoms with Gasteiger partial charge in [0.25, 0.3) is 0 Å². The van der Waals surface area contributed by atoms with Crippen LogP contribution in [-0.2, 0) is 0 Å². The van der Waals surface area contributed by atoms with Crippen LogP contribution >= 0.6 is 11.6 Å². The van der Waals surface area contributed by atoms with E-state index in [4.69, 9.17) is 16.0 Å². The molecule has 7 nitrogen and oxygen atoms in total. The third kappa shape index (κ3) is 4.33. The standard InChI is InChI=1S/C24H20ClN3O4/c1-3-14(2)15-7-8-22-20(11-15)27-24(32-22)16-5-4-6-19(10-16)26-13-17-9-18(25)12-21(23(17)29)28(30)31/h4-14,29H,3H2,1-2H3/t14-/m1/s1. The van der Waals surface area contributed by atoms with E-state index in [9.17, 15) is 15.2 Å². The Labute approximate surface area is 189 Å². The number of benzene rings is 3. The summed E-state index contributed by atoms with van der Waals surface area (Å²) in [4.78, 5) is 19.3. The zero-order valence-corrected chi connectivity index (χ0v) is 18.2. The summed E-state index contributed by atoms with van der Waals surface area (Å²) in [5.41, 5.74) is 3.69. The molecule has 0 bridgehead atoms. The van der Waals surface area contributed by atoms with Crippen molar-refractivity contribution in [3.63, 3.8) is 0 Å². The number of aromatic nitrogens is 1. The van der Waals surface area contributed by atoms with E-state index in [-0.39, 0.29) is 10.6 Å². The summed E-state index contributed by atoms with van der Waals surface area (Å²) in [6.07, 6.45) is 2.37. The van der Waals surface area contributed by atoms with E-state index in [1.165, 1.54) is 17.8 Å². The predicted octanol–water partition coefficient (Wildman–Crippen LogP) is 7.03. The van der Waals surface area contributed by atoms with Gasteiger partial charge in [-0.3, -0.25) is 15.1 Å². The number of oxazole rings is 1. The number of hydrogen-bond donors (Lipinski definition) is 1. The van der Waals surface area contributed by atoms with Crippen LogP contribution in [0.4, 0.5) is 11.4 Å². The Hall–Kier alpha value is -3.71. The van der Waals surface area contributed by atoms with E-state index in [1.54, 1.807) is 12.1 Å². The molecule has 1 atom stereocenters. The maximum atomic E-state index is 11.1. The lowest BCUT2D eigenvalue weighted by Crippen LogP contribution is -1.92. The van der Waals surface area contributed by atoms with E-state index >= 15 is 0 Å². The number of hydrogen-bond acceptors (Lipinski definition) is 6. The van der Waals surface area contributed by atoms with Crippen LogP contribution in [-0.4, -0.2) is 21.2 Å². The number of aliphatic imine (C=N–C) groups is 1. The average Bonchev–Trinajstić information content (AvgIpc) is 3.22. The van der Waals surface area contributed by atoms with Crippen LogP contribution in [0.25, 0.3) is 22.6 Å². The molecule has 1 N–H and O–H groups in total. The summed E-state index contributed by atoms with van der Waals surface area (Å²) in [6.45, 7) is 4.33. The lowest BCUT2D eigenvalue weighted by atomic mass is 9.98. The Balaban J connectivity index is 1.65. The van der Waals surface area contributed by atoms with Crippen molar-refractivity contribution in [3.05, 3.63) is 80.9 Å².